The van der Waals surface area contributed by atoms with Crippen LogP contribution in [-0.4, -0.2) is 60.1 Å². The summed E-state index contributed by atoms with van der Waals surface area (Å²) in [5.41, 5.74) is 2.18. The van der Waals surface area contributed by atoms with E-state index in [0.29, 0.717) is 26.2 Å². The second-order valence-corrected chi connectivity index (χ2v) is 7.31. The Morgan fingerprint density at radius 2 is 1.10 bits per heavy atom. The van der Waals surface area contributed by atoms with Crippen molar-refractivity contribution in [1.29, 1.82) is 0 Å². The fraction of sp³-hybridized carbons (Fsp3) is 0.417. The molecule has 6 heteroatoms. The fourth-order valence-corrected chi connectivity index (χ4v) is 3.94. The first-order valence-corrected chi connectivity index (χ1v) is 10.5. The van der Waals surface area contributed by atoms with Gasteiger partial charge in [0.05, 0.1) is 13.2 Å². The summed E-state index contributed by atoms with van der Waals surface area (Å²) in [6.07, 6.45) is 0. The van der Waals surface area contributed by atoms with Crippen molar-refractivity contribution in [3.8, 4) is 0 Å². The van der Waals surface area contributed by atoms with E-state index in [1.165, 1.54) is 0 Å². The Labute approximate surface area is 178 Å². The molecular formula is C24H30N2O4. The largest absolute Gasteiger partial charge is 0.465 e. The minimum atomic E-state index is -0.721. The summed E-state index contributed by atoms with van der Waals surface area (Å²) < 4.78 is 10.8. The van der Waals surface area contributed by atoms with Gasteiger partial charge in [0.2, 0.25) is 0 Å². The van der Waals surface area contributed by atoms with E-state index in [9.17, 15) is 9.59 Å². The maximum Gasteiger partial charge on any atom is 0.325 e. The van der Waals surface area contributed by atoms with Crippen LogP contribution in [0.4, 0.5) is 0 Å². The molecule has 0 spiro atoms. The number of carbonyl (C=O) groups is 2. The van der Waals surface area contributed by atoms with Crippen LogP contribution in [0.25, 0.3) is 0 Å². The Morgan fingerprint density at radius 3 is 1.43 bits per heavy atom. The Balaban J connectivity index is 1.91. The van der Waals surface area contributed by atoms with Gasteiger partial charge in [0.1, 0.15) is 12.1 Å². The molecule has 0 amide bonds. The van der Waals surface area contributed by atoms with Gasteiger partial charge in [0.15, 0.2) is 0 Å². The van der Waals surface area contributed by atoms with Crippen LogP contribution in [0.15, 0.2) is 60.7 Å². The average Bonchev–Trinajstić information content (AvgIpc) is 2.76. The lowest BCUT2D eigenvalue weighted by Crippen LogP contribution is -2.65. The summed E-state index contributed by atoms with van der Waals surface area (Å²) >= 11 is 0. The molecule has 2 atom stereocenters. The smallest absolute Gasteiger partial charge is 0.325 e. The summed E-state index contributed by atoms with van der Waals surface area (Å²) in [4.78, 5) is 30.1. The lowest BCUT2D eigenvalue weighted by molar-refractivity contribution is -0.169. The molecule has 2 aromatic carbocycles. The molecule has 0 saturated carbocycles. The average molecular weight is 411 g/mol. The van der Waals surface area contributed by atoms with Crippen molar-refractivity contribution in [2.45, 2.75) is 39.0 Å². The number of ether oxygens (including phenoxy) is 2. The molecule has 0 unspecified atom stereocenters. The molecule has 0 aromatic heterocycles. The van der Waals surface area contributed by atoms with Gasteiger partial charge in [-0.05, 0) is 25.0 Å². The van der Waals surface area contributed by atoms with E-state index in [1.807, 2.05) is 70.5 Å². The Morgan fingerprint density at radius 1 is 0.733 bits per heavy atom. The van der Waals surface area contributed by atoms with Gasteiger partial charge in [-0.15, -0.1) is 0 Å². The van der Waals surface area contributed by atoms with Gasteiger partial charge in [-0.3, -0.25) is 19.4 Å². The first-order chi connectivity index (χ1) is 14.6. The molecule has 1 heterocycles. The zero-order valence-corrected chi connectivity index (χ0v) is 17.7. The van der Waals surface area contributed by atoms with E-state index in [1.54, 1.807) is 13.8 Å². The highest BCUT2D eigenvalue weighted by Gasteiger charge is 2.46. The van der Waals surface area contributed by atoms with Crippen molar-refractivity contribution in [2.75, 3.05) is 26.3 Å². The third kappa shape index (κ3) is 5.46. The van der Waals surface area contributed by atoms with Crippen LogP contribution in [-0.2, 0) is 32.2 Å². The fourth-order valence-electron chi connectivity index (χ4n) is 3.94. The Bertz CT molecular complexity index is 743. The van der Waals surface area contributed by atoms with Crippen molar-refractivity contribution in [1.82, 2.24) is 9.80 Å². The maximum absolute atomic E-state index is 13.0. The Hall–Kier alpha value is -2.70. The van der Waals surface area contributed by atoms with Gasteiger partial charge in [-0.1, -0.05) is 60.7 Å². The third-order valence-corrected chi connectivity index (χ3v) is 5.27. The van der Waals surface area contributed by atoms with Gasteiger partial charge in [-0.2, -0.15) is 0 Å². The van der Waals surface area contributed by atoms with Crippen molar-refractivity contribution < 1.29 is 19.1 Å². The molecule has 0 bridgehead atoms. The first kappa shape index (κ1) is 22.0. The second kappa shape index (κ2) is 10.9. The zero-order valence-electron chi connectivity index (χ0n) is 17.7. The van der Waals surface area contributed by atoms with E-state index in [-0.39, 0.29) is 25.2 Å². The minimum Gasteiger partial charge on any atom is -0.465 e. The van der Waals surface area contributed by atoms with E-state index < -0.39 is 12.1 Å². The quantitative estimate of drug-likeness (QED) is 0.624. The maximum atomic E-state index is 13.0. The number of carbonyl (C=O) groups excluding carboxylic acids is 2. The van der Waals surface area contributed by atoms with Crippen LogP contribution in [0, 0.1) is 0 Å². The topological polar surface area (TPSA) is 59.1 Å². The molecule has 0 N–H and O–H groups in total. The van der Waals surface area contributed by atoms with Crippen LogP contribution < -0.4 is 0 Å². The van der Waals surface area contributed by atoms with Crippen LogP contribution in [0.1, 0.15) is 25.0 Å². The first-order valence-electron chi connectivity index (χ1n) is 10.5. The van der Waals surface area contributed by atoms with Crippen molar-refractivity contribution in [3.63, 3.8) is 0 Å². The van der Waals surface area contributed by atoms with Gasteiger partial charge < -0.3 is 9.47 Å². The van der Waals surface area contributed by atoms with Gasteiger partial charge in [0.25, 0.3) is 0 Å². The summed E-state index contributed by atoms with van der Waals surface area (Å²) in [7, 11) is 0. The molecule has 1 aliphatic rings. The van der Waals surface area contributed by atoms with E-state index in [4.69, 9.17) is 9.47 Å². The van der Waals surface area contributed by atoms with Crippen molar-refractivity contribution >= 4 is 11.9 Å². The summed E-state index contributed by atoms with van der Waals surface area (Å²) in [5, 5.41) is 0. The molecule has 0 aliphatic carbocycles. The minimum absolute atomic E-state index is 0.267. The van der Waals surface area contributed by atoms with Crippen molar-refractivity contribution in [3.05, 3.63) is 71.8 Å². The summed E-state index contributed by atoms with van der Waals surface area (Å²) in [6.45, 7) is 6.54. The molecular weight excluding hydrogens is 380 g/mol. The zero-order chi connectivity index (χ0) is 21.3. The normalized spacial score (nSPS) is 19.9. The van der Waals surface area contributed by atoms with Crippen molar-refractivity contribution in [2.24, 2.45) is 0 Å². The van der Waals surface area contributed by atoms with Gasteiger partial charge in [0, 0.05) is 26.2 Å². The predicted molar refractivity (Wildman–Crippen MR) is 115 cm³/mol. The highest BCUT2D eigenvalue weighted by Crippen LogP contribution is 2.24. The van der Waals surface area contributed by atoms with Gasteiger partial charge in [-0.25, -0.2) is 0 Å². The molecule has 3 rings (SSSR count). The number of esters is 2. The monoisotopic (exact) mass is 410 g/mol. The van der Waals surface area contributed by atoms with Crippen LogP contribution in [0.2, 0.25) is 0 Å². The predicted octanol–water partition coefficient (Wildman–Crippen LogP) is 2.87. The summed E-state index contributed by atoms with van der Waals surface area (Å²) in [5.74, 6) is -0.770. The third-order valence-electron chi connectivity index (χ3n) is 5.27. The number of rotatable bonds is 8. The SMILES string of the molecule is CCOC(=O)[C@@H]1[C@@H](C(=O)OCC)N(Cc2ccccc2)CCN1Cc1ccccc1. The highest BCUT2D eigenvalue weighted by molar-refractivity contribution is 5.87. The molecule has 1 fully saturated rings. The molecule has 1 saturated heterocycles. The molecule has 6 nitrogen and oxygen atoms in total. The standard InChI is InChI=1S/C24H30N2O4/c1-3-29-23(27)21-22(24(28)30-4-2)26(18-20-13-9-6-10-14-20)16-15-25(21)17-19-11-7-5-8-12-19/h5-14,21-22H,3-4,15-18H2,1-2H3/t21-,22-/m0/s1. The number of benzene rings is 2. The lowest BCUT2D eigenvalue weighted by Gasteiger charge is -2.45. The number of hydrogen-bond acceptors (Lipinski definition) is 6. The van der Waals surface area contributed by atoms with Crippen LogP contribution in [0.3, 0.4) is 0 Å². The van der Waals surface area contributed by atoms with E-state index in [2.05, 4.69) is 0 Å². The number of hydrogen-bond donors (Lipinski definition) is 0. The number of piperazine rings is 1. The highest BCUT2D eigenvalue weighted by atomic mass is 16.5. The Kier molecular flexibility index (Phi) is 7.99. The molecule has 1 aliphatic heterocycles. The van der Waals surface area contributed by atoms with E-state index >= 15 is 0 Å². The van der Waals surface area contributed by atoms with Crippen LogP contribution >= 0.6 is 0 Å². The van der Waals surface area contributed by atoms with E-state index in [0.717, 1.165) is 11.1 Å². The molecule has 160 valence electrons. The molecule has 2 aromatic rings. The molecule has 30 heavy (non-hydrogen) atoms. The van der Waals surface area contributed by atoms with Crippen LogP contribution in [0.5, 0.6) is 0 Å². The number of nitrogens with zero attached hydrogens (tertiary/aromatic N) is 2. The second-order valence-electron chi connectivity index (χ2n) is 7.31. The molecule has 0 radical (unpaired) electrons. The summed E-state index contributed by atoms with van der Waals surface area (Å²) in [6, 6.07) is 18.5. The van der Waals surface area contributed by atoms with Gasteiger partial charge >= 0.3 is 11.9 Å². The lowest BCUT2D eigenvalue weighted by atomic mass is 9.99.